The maximum atomic E-state index is 12.5. The van der Waals surface area contributed by atoms with E-state index < -0.39 is 0 Å². The molecular formula is C23H28N4O. The van der Waals surface area contributed by atoms with Crippen molar-refractivity contribution in [1.82, 2.24) is 14.8 Å². The molecule has 0 saturated carbocycles. The molecule has 0 amide bonds. The average Bonchev–Trinajstić information content (AvgIpc) is 3.10. The topological polar surface area (TPSA) is 51.0 Å². The van der Waals surface area contributed by atoms with Crippen molar-refractivity contribution in [3.05, 3.63) is 64.2 Å². The van der Waals surface area contributed by atoms with Gasteiger partial charge in [-0.05, 0) is 38.0 Å². The highest BCUT2D eigenvalue weighted by atomic mass is 16.1. The van der Waals surface area contributed by atoms with Crippen LogP contribution in [0.2, 0.25) is 0 Å². The minimum absolute atomic E-state index is 0.0318. The molecular weight excluding hydrogens is 348 g/mol. The summed E-state index contributed by atoms with van der Waals surface area (Å²) in [5.41, 5.74) is 4.09. The van der Waals surface area contributed by atoms with Crippen molar-refractivity contribution >= 4 is 16.6 Å². The first-order valence-corrected chi connectivity index (χ1v) is 10.0. The van der Waals surface area contributed by atoms with Crippen LogP contribution in [0.3, 0.4) is 0 Å². The van der Waals surface area contributed by atoms with Gasteiger partial charge in [0.15, 0.2) is 0 Å². The summed E-state index contributed by atoms with van der Waals surface area (Å²) in [7, 11) is 0. The number of fused-ring (bicyclic) bond motifs is 1. The van der Waals surface area contributed by atoms with Gasteiger partial charge in [-0.1, -0.05) is 39.0 Å². The number of pyridine rings is 1. The van der Waals surface area contributed by atoms with Crippen LogP contribution in [-0.4, -0.2) is 27.4 Å². The standard InChI is InChI=1S/C23H28N4O/c1-16-14-20(18-9-5-6-10-19(18)24-16)26-13-7-8-17(26)15-27-22(28)12-11-21(25-27)23(2,3)4/h5-6,9-12,14,17H,7-8,13,15H2,1-4H3. The molecule has 1 unspecified atom stereocenters. The first-order chi connectivity index (χ1) is 13.3. The molecule has 3 heterocycles. The van der Waals surface area contributed by atoms with Gasteiger partial charge in [0.05, 0.1) is 17.8 Å². The van der Waals surface area contributed by atoms with Crippen LogP contribution in [0.25, 0.3) is 10.9 Å². The highest BCUT2D eigenvalue weighted by Crippen LogP contribution is 2.32. The zero-order valence-electron chi connectivity index (χ0n) is 17.1. The van der Waals surface area contributed by atoms with Crippen LogP contribution in [0.1, 0.15) is 45.0 Å². The molecule has 1 aliphatic heterocycles. The lowest BCUT2D eigenvalue weighted by Crippen LogP contribution is -2.38. The van der Waals surface area contributed by atoms with Crippen LogP contribution in [0.5, 0.6) is 0 Å². The molecule has 1 aliphatic rings. The minimum Gasteiger partial charge on any atom is -0.366 e. The lowest BCUT2D eigenvalue weighted by atomic mass is 9.92. The zero-order valence-corrected chi connectivity index (χ0v) is 17.1. The second-order valence-corrected chi connectivity index (χ2v) is 8.78. The Labute approximate surface area is 166 Å². The number of aromatic nitrogens is 3. The summed E-state index contributed by atoms with van der Waals surface area (Å²) in [4.78, 5) is 19.6. The molecule has 146 valence electrons. The van der Waals surface area contributed by atoms with E-state index in [1.807, 2.05) is 19.1 Å². The number of rotatable bonds is 3. The lowest BCUT2D eigenvalue weighted by Gasteiger charge is -2.29. The van der Waals surface area contributed by atoms with Gasteiger partial charge < -0.3 is 4.90 Å². The van der Waals surface area contributed by atoms with Crippen molar-refractivity contribution in [2.75, 3.05) is 11.4 Å². The first kappa shape index (κ1) is 18.7. The Bertz CT molecular complexity index is 1060. The molecule has 1 aromatic carbocycles. The van der Waals surface area contributed by atoms with E-state index in [1.54, 1.807) is 10.7 Å². The van der Waals surface area contributed by atoms with Crippen molar-refractivity contribution in [1.29, 1.82) is 0 Å². The highest BCUT2D eigenvalue weighted by Gasteiger charge is 2.28. The monoisotopic (exact) mass is 376 g/mol. The molecule has 5 heteroatoms. The lowest BCUT2D eigenvalue weighted by molar-refractivity contribution is 0.458. The molecule has 2 aromatic heterocycles. The fourth-order valence-corrected chi connectivity index (χ4v) is 4.05. The third kappa shape index (κ3) is 3.53. The van der Waals surface area contributed by atoms with E-state index in [9.17, 15) is 4.79 Å². The smallest absolute Gasteiger partial charge is 0.266 e. The Kier molecular flexibility index (Phi) is 4.69. The van der Waals surface area contributed by atoms with Gasteiger partial charge in [-0.3, -0.25) is 9.78 Å². The third-order valence-electron chi connectivity index (χ3n) is 5.53. The molecule has 4 rings (SSSR count). The summed E-state index contributed by atoms with van der Waals surface area (Å²) in [6.45, 7) is 10.0. The van der Waals surface area contributed by atoms with E-state index >= 15 is 0 Å². The summed E-state index contributed by atoms with van der Waals surface area (Å²) < 4.78 is 1.65. The van der Waals surface area contributed by atoms with Crippen LogP contribution in [0.15, 0.2) is 47.3 Å². The second kappa shape index (κ2) is 7.04. The van der Waals surface area contributed by atoms with Gasteiger partial charge in [-0.2, -0.15) is 5.10 Å². The number of nitrogens with zero attached hydrogens (tertiary/aromatic N) is 4. The molecule has 1 fully saturated rings. The number of anilines is 1. The summed E-state index contributed by atoms with van der Waals surface area (Å²) in [5, 5.41) is 5.85. The number of aryl methyl sites for hydroxylation is 1. The van der Waals surface area contributed by atoms with Gasteiger partial charge in [-0.15, -0.1) is 0 Å². The number of hydrogen-bond acceptors (Lipinski definition) is 4. The molecule has 0 bridgehead atoms. The van der Waals surface area contributed by atoms with Crippen molar-refractivity contribution < 1.29 is 0 Å². The SMILES string of the molecule is Cc1cc(N2CCCC2Cn2nc(C(C)(C)C)ccc2=O)c2ccccc2n1. The molecule has 0 aliphatic carbocycles. The molecule has 0 spiro atoms. The summed E-state index contributed by atoms with van der Waals surface area (Å²) in [5.74, 6) is 0. The van der Waals surface area contributed by atoms with Gasteiger partial charge in [0.25, 0.3) is 5.56 Å². The fraction of sp³-hybridized carbons (Fsp3) is 0.435. The Morgan fingerprint density at radius 2 is 1.93 bits per heavy atom. The predicted octanol–water partition coefficient (Wildman–Crippen LogP) is 4.07. The Hall–Kier alpha value is -2.69. The number of benzene rings is 1. The molecule has 1 atom stereocenters. The van der Waals surface area contributed by atoms with Crippen LogP contribution in [0, 0.1) is 6.92 Å². The number of para-hydroxylation sites is 1. The normalized spacial score (nSPS) is 17.4. The summed E-state index contributed by atoms with van der Waals surface area (Å²) >= 11 is 0. The molecule has 1 saturated heterocycles. The first-order valence-electron chi connectivity index (χ1n) is 10.0. The Balaban J connectivity index is 1.70. The largest absolute Gasteiger partial charge is 0.366 e. The molecule has 3 aromatic rings. The van der Waals surface area contributed by atoms with E-state index in [-0.39, 0.29) is 17.0 Å². The maximum Gasteiger partial charge on any atom is 0.266 e. The maximum absolute atomic E-state index is 12.5. The summed E-state index contributed by atoms with van der Waals surface area (Å²) in [6.07, 6.45) is 2.18. The fourth-order valence-electron chi connectivity index (χ4n) is 4.05. The molecule has 0 radical (unpaired) electrons. The van der Waals surface area contributed by atoms with Crippen LogP contribution in [0.4, 0.5) is 5.69 Å². The molecule has 0 N–H and O–H groups in total. The van der Waals surface area contributed by atoms with Crippen molar-refractivity contribution in [2.24, 2.45) is 0 Å². The summed E-state index contributed by atoms with van der Waals surface area (Å²) in [6, 6.07) is 14.2. The van der Waals surface area contributed by atoms with E-state index in [0.29, 0.717) is 6.54 Å². The van der Waals surface area contributed by atoms with Gasteiger partial charge >= 0.3 is 0 Å². The minimum atomic E-state index is -0.0801. The van der Waals surface area contributed by atoms with Crippen molar-refractivity contribution in [3.63, 3.8) is 0 Å². The van der Waals surface area contributed by atoms with Gasteiger partial charge in [0, 0.05) is 40.8 Å². The highest BCUT2D eigenvalue weighted by molar-refractivity contribution is 5.92. The average molecular weight is 377 g/mol. The van der Waals surface area contributed by atoms with Crippen LogP contribution in [-0.2, 0) is 12.0 Å². The Morgan fingerprint density at radius 3 is 2.71 bits per heavy atom. The zero-order chi connectivity index (χ0) is 19.9. The Morgan fingerprint density at radius 1 is 1.14 bits per heavy atom. The van der Waals surface area contributed by atoms with Crippen molar-refractivity contribution in [2.45, 2.75) is 58.5 Å². The van der Waals surface area contributed by atoms with E-state index in [2.05, 4.69) is 60.0 Å². The molecule has 5 nitrogen and oxygen atoms in total. The van der Waals surface area contributed by atoms with Crippen molar-refractivity contribution in [3.8, 4) is 0 Å². The van der Waals surface area contributed by atoms with Gasteiger partial charge in [0.2, 0.25) is 0 Å². The van der Waals surface area contributed by atoms with E-state index in [4.69, 9.17) is 0 Å². The third-order valence-corrected chi connectivity index (χ3v) is 5.53. The molecule has 28 heavy (non-hydrogen) atoms. The van der Waals surface area contributed by atoms with Gasteiger partial charge in [0.1, 0.15) is 0 Å². The van der Waals surface area contributed by atoms with E-state index in [1.165, 1.54) is 11.1 Å². The number of hydrogen-bond donors (Lipinski definition) is 0. The van der Waals surface area contributed by atoms with Gasteiger partial charge in [-0.25, -0.2) is 4.68 Å². The quantitative estimate of drug-likeness (QED) is 0.691. The predicted molar refractivity (Wildman–Crippen MR) is 114 cm³/mol. The van der Waals surface area contributed by atoms with E-state index in [0.717, 1.165) is 36.3 Å². The van der Waals surface area contributed by atoms with Crippen LogP contribution < -0.4 is 10.5 Å². The second-order valence-electron chi connectivity index (χ2n) is 8.78. The van der Waals surface area contributed by atoms with Crippen LogP contribution >= 0.6 is 0 Å².